The maximum Gasteiger partial charge on any atom is 0.286 e. The van der Waals surface area contributed by atoms with Crippen molar-refractivity contribution in [3.8, 4) is 17.2 Å². The summed E-state index contributed by atoms with van der Waals surface area (Å²) in [5, 5.41) is 54.7. The Hall–Kier alpha value is -3.74. The van der Waals surface area contributed by atoms with Gasteiger partial charge in [-0.15, -0.1) is 6.58 Å². The van der Waals surface area contributed by atoms with Crippen molar-refractivity contribution < 1.29 is 66.8 Å². The molecule has 1 saturated heterocycles. The van der Waals surface area contributed by atoms with Gasteiger partial charge in [0.15, 0.2) is 17.9 Å². The highest BCUT2D eigenvalue weighted by atomic mass is 32.2. The van der Waals surface area contributed by atoms with Crippen molar-refractivity contribution in [2.24, 2.45) is 0 Å². The fourth-order valence-corrected chi connectivity index (χ4v) is 6.77. The lowest BCUT2D eigenvalue weighted by molar-refractivity contribution is -0.254. The minimum absolute atomic E-state index is 0.0489. The van der Waals surface area contributed by atoms with Gasteiger partial charge in [-0.05, 0) is 13.0 Å². The van der Waals surface area contributed by atoms with Crippen LogP contribution < -0.4 is 10.2 Å². The zero-order valence-electron chi connectivity index (χ0n) is 24.8. The van der Waals surface area contributed by atoms with Crippen molar-refractivity contribution in [3.63, 3.8) is 0 Å². The number of hydrogen-bond donors (Lipinski definition) is 6. The molecule has 6 N–H and O–H groups in total. The highest BCUT2D eigenvalue weighted by molar-refractivity contribution is 7.86. The molecule has 4 unspecified atom stereocenters. The fraction of sp³-hybridized carbons (Fsp3) is 0.433. The normalized spacial score (nSPS) is 27.4. The topological polar surface area (TPSA) is 235 Å². The third-order valence-electron chi connectivity index (χ3n) is 8.41. The van der Waals surface area contributed by atoms with E-state index in [1.54, 1.807) is 0 Å². The van der Waals surface area contributed by atoms with Crippen molar-refractivity contribution in [2.45, 2.75) is 62.4 Å². The molecular formula is C30H33NO14S. The van der Waals surface area contributed by atoms with E-state index in [9.17, 15) is 48.3 Å². The highest BCUT2D eigenvalue weighted by Crippen LogP contribution is 2.52. The zero-order chi connectivity index (χ0) is 33.7. The Kier molecular flexibility index (Phi) is 9.11. The average Bonchev–Trinajstić information content (AvgIpc) is 3.01. The number of phenolic OH excluding ortho intramolecular Hbond substituents is 2. The molecule has 0 saturated carbocycles. The smallest absolute Gasteiger partial charge is 0.286 e. The van der Waals surface area contributed by atoms with E-state index in [1.807, 2.05) is 0 Å². The summed E-state index contributed by atoms with van der Waals surface area (Å²) in [7, 11) is -2.79. The standard InChI is InChI=1S/C30H33NO14S/c1-4-8-46(40,41)45-31-16-9-20(43-13(2)25(16)34)44-18-11-30(39,19(33)12-32)10-15-22(18)29(38)24-23(27(15)36)26(35)14-6-5-7-17(42-3)21(14)28(24)37/h4-7,13,16,18,20,25,31-32,34,36,38-39H,1,8-12H2,2-3H3/t13?,16?,18-,20?,25?,30-/m0/s1. The van der Waals surface area contributed by atoms with Crippen LogP contribution in [0.3, 0.4) is 0 Å². The molecule has 15 nitrogen and oxygen atoms in total. The number of hydrogen-bond acceptors (Lipinski definition) is 15. The number of benzene rings is 2. The number of ketones is 3. The van der Waals surface area contributed by atoms with Gasteiger partial charge in [0, 0.05) is 36.0 Å². The summed E-state index contributed by atoms with van der Waals surface area (Å²) in [5.41, 5.74) is -1.90. The number of phenols is 2. The van der Waals surface area contributed by atoms with Gasteiger partial charge in [-0.25, -0.2) is 0 Å². The molecule has 0 bridgehead atoms. The van der Waals surface area contributed by atoms with E-state index in [2.05, 4.69) is 12.1 Å². The lowest BCUT2D eigenvalue weighted by Crippen LogP contribution is -2.55. The Morgan fingerprint density at radius 3 is 2.52 bits per heavy atom. The Morgan fingerprint density at radius 1 is 1.17 bits per heavy atom. The van der Waals surface area contributed by atoms with E-state index in [4.69, 9.17) is 18.5 Å². The Balaban J connectivity index is 1.58. The molecular weight excluding hydrogens is 630 g/mol. The minimum atomic E-state index is -4.09. The molecule has 46 heavy (non-hydrogen) atoms. The molecule has 6 atom stereocenters. The molecule has 3 aliphatic rings. The van der Waals surface area contributed by atoms with Crippen LogP contribution in [0.1, 0.15) is 68.8 Å². The summed E-state index contributed by atoms with van der Waals surface area (Å²) in [6.07, 6.45) is -5.46. The van der Waals surface area contributed by atoms with E-state index in [-0.39, 0.29) is 34.4 Å². The molecule has 0 radical (unpaired) electrons. The van der Waals surface area contributed by atoms with Crippen LogP contribution in [0.25, 0.3) is 0 Å². The third kappa shape index (κ3) is 5.71. The molecule has 2 aromatic rings. The maximum atomic E-state index is 13.8. The van der Waals surface area contributed by atoms with E-state index < -0.39 is 112 Å². The van der Waals surface area contributed by atoms with E-state index in [1.165, 1.54) is 32.2 Å². The molecule has 1 heterocycles. The van der Waals surface area contributed by atoms with Crippen molar-refractivity contribution in [2.75, 3.05) is 19.5 Å². The summed E-state index contributed by atoms with van der Waals surface area (Å²) in [6.45, 7) is 3.71. The second kappa shape index (κ2) is 12.5. The first kappa shape index (κ1) is 33.6. The number of Topliss-reactive ketones (excluding diaryl/α,β-unsaturated/α-hetero) is 1. The maximum absolute atomic E-state index is 13.8. The molecule has 0 aromatic heterocycles. The predicted molar refractivity (Wildman–Crippen MR) is 156 cm³/mol. The number of aromatic hydroxyl groups is 2. The summed E-state index contributed by atoms with van der Waals surface area (Å²) in [6, 6.07) is 3.18. The van der Waals surface area contributed by atoms with Crippen LogP contribution in [0.15, 0.2) is 30.9 Å². The van der Waals surface area contributed by atoms with Crippen LogP contribution in [-0.4, -0.2) is 101 Å². The first-order valence-electron chi connectivity index (χ1n) is 14.2. The number of ether oxygens (including phenoxy) is 3. The largest absolute Gasteiger partial charge is 0.507 e. The van der Waals surface area contributed by atoms with Crippen LogP contribution >= 0.6 is 0 Å². The number of carbonyl (C=O) groups is 3. The fourth-order valence-electron chi connectivity index (χ4n) is 6.15. The minimum Gasteiger partial charge on any atom is -0.507 e. The molecule has 2 aromatic carbocycles. The first-order valence-corrected chi connectivity index (χ1v) is 15.8. The van der Waals surface area contributed by atoms with Crippen molar-refractivity contribution in [1.82, 2.24) is 5.48 Å². The molecule has 16 heteroatoms. The third-order valence-corrected chi connectivity index (χ3v) is 9.40. The summed E-state index contributed by atoms with van der Waals surface area (Å²) in [4.78, 5) is 40.2. The summed E-state index contributed by atoms with van der Waals surface area (Å²) < 4.78 is 45.9. The van der Waals surface area contributed by atoms with Gasteiger partial charge in [0.25, 0.3) is 10.1 Å². The van der Waals surface area contributed by atoms with Crippen LogP contribution in [0.5, 0.6) is 17.2 Å². The van der Waals surface area contributed by atoms with Crippen molar-refractivity contribution >= 4 is 27.5 Å². The number of aliphatic hydroxyl groups excluding tert-OH is 2. The average molecular weight is 664 g/mol. The zero-order valence-corrected chi connectivity index (χ0v) is 25.6. The van der Waals surface area contributed by atoms with E-state index >= 15 is 0 Å². The number of carbonyl (C=O) groups excluding carboxylic acids is 3. The van der Waals surface area contributed by atoms with Gasteiger partial charge in [0.1, 0.15) is 29.5 Å². The van der Waals surface area contributed by atoms with Crippen LogP contribution in [0, 0.1) is 0 Å². The highest BCUT2D eigenvalue weighted by Gasteiger charge is 2.50. The summed E-state index contributed by atoms with van der Waals surface area (Å²) in [5.74, 6) is -4.70. The molecule has 0 amide bonds. The van der Waals surface area contributed by atoms with Gasteiger partial charge < -0.3 is 39.7 Å². The van der Waals surface area contributed by atoms with Crippen LogP contribution in [0.2, 0.25) is 0 Å². The van der Waals surface area contributed by atoms with Crippen molar-refractivity contribution in [1.29, 1.82) is 0 Å². The molecule has 5 rings (SSSR count). The molecule has 248 valence electrons. The Bertz CT molecular complexity index is 1720. The number of methoxy groups -OCH3 is 1. The SMILES string of the molecule is C=CCS(=O)(=O)ONC1CC(O[C@H]2C[C@](O)(C(=O)CO)Cc3c(O)c4c(c(O)c32)C(=O)c2c(OC)cccc2C4=O)OC(C)C1O. The second-order valence-electron chi connectivity index (χ2n) is 11.3. The molecule has 0 spiro atoms. The lowest BCUT2D eigenvalue weighted by atomic mass is 9.72. The monoisotopic (exact) mass is 663 g/mol. The number of nitrogens with one attached hydrogen (secondary N) is 1. The number of rotatable bonds is 10. The summed E-state index contributed by atoms with van der Waals surface area (Å²) >= 11 is 0. The molecule has 2 aliphatic carbocycles. The number of hydroxylamine groups is 1. The van der Waals surface area contributed by atoms with E-state index in [0.29, 0.717) is 0 Å². The van der Waals surface area contributed by atoms with Crippen molar-refractivity contribution in [3.05, 3.63) is 64.2 Å². The van der Waals surface area contributed by atoms with Gasteiger partial charge in [0.2, 0.25) is 5.78 Å². The Morgan fingerprint density at radius 2 is 1.87 bits per heavy atom. The number of fused-ring (bicyclic) bond motifs is 3. The molecule has 1 fully saturated rings. The van der Waals surface area contributed by atoms with Gasteiger partial charge in [-0.1, -0.05) is 18.2 Å². The molecule has 1 aliphatic heterocycles. The van der Waals surface area contributed by atoms with E-state index in [0.717, 1.165) is 6.08 Å². The predicted octanol–water partition coefficient (Wildman–Crippen LogP) is 0.0796. The van der Waals surface area contributed by atoms with Gasteiger partial charge >= 0.3 is 0 Å². The Labute approximate surface area is 263 Å². The van der Waals surface area contributed by atoms with Gasteiger partial charge in [-0.2, -0.15) is 18.2 Å². The van der Waals surface area contributed by atoms with Crippen LogP contribution in [-0.2, 0) is 35.1 Å². The number of aliphatic hydroxyl groups is 3. The second-order valence-corrected chi connectivity index (χ2v) is 12.9. The van der Waals surface area contributed by atoms with Gasteiger partial charge in [0.05, 0.1) is 53.9 Å². The lowest BCUT2D eigenvalue weighted by Gasteiger charge is -2.42. The van der Waals surface area contributed by atoms with Gasteiger partial charge in [-0.3, -0.25) is 14.4 Å². The van der Waals surface area contributed by atoms with Crippen LogP contribution in [0.4, 0.5) is 0 Å². The quantitative estimate of drug-likeness (QED) is 0.0957. The first-order chi connectivity index (χ1) is 21.7.